The first-order valence-corrected chi connectivity index (χ1v) is 12.6. The third-order valence-corrected chi connectivity index (χ3v) is 7.66. The smallest absolute Gasteiger partial charge is 0.242 e. The maximum Gasteiger partial charge on any atom is 0.242 e. The van der Waals surface area contributed by atoms with Crippen molar-refractivity contribution >= 4 is 32.8 Å². The van der Waals surface area contributed by atoms with Crippen LogP contribution in [0.3, 0.4) is 0 Å². The topological polar surface area (TPSA) is 107 Å². The fourth-order valence-electron chi connectivity index (χ4n) is 3.14. The fourth-order valence-corrected chi connectivity index (χ4v) is 4.94. The molecule has 9 nitrogen and oxygen atoms in total. The number of sulfonamides is 1. The third kappa shape index (κ3) is 4.54. The molecule has 0 saturated carbocycles. The van der Waals surface area contributed by atoms with E-state index in [0.717, 1.165) is 30.1 Å². The first kappa shape index (κ1) is 22.4. The summed E-state index contributed by atoms with van der Waals surface area (Å²) in [6.07, 6.45) is 3.70. The van der Waals surface area contributed by atoms with Crippen molar-refractivity contribution in [1.82, 2.24) is 29.0 Å². The summed E-state index contributed by atoms with van der Waals surface area (Å²) in [7, 11) is -0.493. The standard InChI is InChI=1S/C21H24N6O3S2/c1-4-5-12-27-18-10-9-15(32(28,29)26(2)3)13-17(18)23-21(27)31-14-19-24-20(25-30-19)16-8-6-7-11-22-16/h6-11,13H,4-5,12,14H2,1-3H3. The quantitative estimate of drug-likeness (QED) is 0.338. The molecule has 0 amide bonds. The zero-order chi connectivity index (χ0) is 22.7. The number of aryl methyl sites for hydroxylation is 1. The Balaban J connectivity index is 1.61. The van der Waals surface area contributed by atoms with Gasteiger partial charge in [0.2, 0.25) is 21.7 Å². The molecule has 0 fully saturated rings. The molecule has 0 saturated heterocycles. The number of fused-ring (bicyclic) bond motifs is 1. The molecule has 168 valence electrons. The van der Waals surface area contributed by atoms with Crippen LogP contribution in [0.2, 0.25) is 0 Å². The summed E-state index contributed by atoms with van der Waals surface area (Å²) in [6.45, 7) is 2.92. The molecule has 4 aromatic rings. The average Bonchev–Trinajstić information content (AvgIpc) is 3.40. The summed E-state index contributed by atoms with van der Waals surface area (Å²) in [5.41, 5.74) is 2.20. The van der Waals surface area contributed by atoms with Crippen molar-refractivity contribution in [3.05, 3.63) is 48.5 Å². The predicted molar refractivity (Wildman–Crippen MR) is 123 cm³/mol. The maximum absolute atomic E-state index is 12.5. The third-order valence-electron chi connectivity index (χ3n) is 4.89. The highest BCUT2D eigenvalue weighted by Gasteiger charge is 2.20. The molecular weight excluding hydrogens is 448 g/mol. The first-order chi connectivity index (χ1) is 15.4. The van der Waals surface area contributed by atoms with Crippen molar-refractivity contribution < 1.29 is 12.9 Å². The van der Waals surface area contributed by atoms with Crippen LogP contribution >= 0.6 is 11.8 Å². The molecule has 0 unspecified atom stereocenters. The van der Waals surface area contributed by atoms with E-state index in [0.29, 0.717) is 28.7 Å². The number of rotatable bonds is 9. The van der Waals surface area contributed by atoms with Crippen molar-refractivity contribution in [2.45, 2.75) is 42.1 Å². The molecule has 11 heteroatoms. The van der Waals surface area contributed by atoms with Gasteiger partial charge in [-0.2, -0.15) is 4.98 Å². The molecule has 0 aliphatic carbocycles. The van der Waals surface area contributed by atoms with Gasteiger partial charge < -0.3 is 9.09 Å². The Morgan fingerprint density at radius 2 is 2.00 bits per heavy atom. The minimum absolute atomic E-state index is 0.226. The molecule has 1 aromatic carbocycles. The van der Waals surface area contributed by atoms with Gasteiger partial charge in [-0.3, -0.25) is 4.98 Å². The number of nitrogens with zero attached hydrogens (tertiary/aromatic N) is 6. The molecule has 0 aliphatic rings. The summed E-state index contributed by atoms with van der Waals surface area (Å²) in [5.74, 6) is 1.36. The lowest BCUT2D eigenvalue weighted by molar-refractivity contribution is 0.391. The van der Waals surface area contributed by atoms with Crippen molar-refractivity contribution in [2.75, 3.05) is 14.1 Å². The van der Waals surface area contributed by atoms with E-state index in [1.807, 2.05) is 24.3 Å². The Labute approximate surface area is 190 Å². The molecule has 4 rings (SSSR count). The molecule has 0 bridgehead atoms. The zero-order valence-corrected chi connectivity index (χ0v) is 19.7. The van der Waals surface area contributed by atoms with Gasteiger partial charge >= 0.3 is 0 Å². The second-order valence-electron chi connectivity index (χ2n) is 7.35. The zero-order valence-electron chi connectivity index (χ0n) is 18.1. The van der Waals surface area contributed by atoms with E-state index >= 15 is 0 Å². The maximum atomic E-state index is 12.5. The van der Waals surface area contributed by atoms with Gasteiger partial charge in [0.25, 0.3) is 0 Å². The number of unbranched alkanes of at least 4 members (excludes halogenated alkanes) is 1. The van der Waals surface area contributed by atoms with E-state index in [1.54, 1.807) is 18.3 Å². The van der Waals surface area contributed by atoms with Gasteiger partial charge in [-0.1, -0.05) is 36.3 Å². The lowest BCUT2D eigenvalue weighted by atomic mass is 10.3. The summed E-state index contributed by atoms with van der Waals surface area (Å²) in [4.78, 5) is 13.6. The molecular formula is C21H24N6O3S2. The molecule has 0 spiro atoms. The van der Waals surface area contributed by atoms with Gasteiger partial charge in [0, 0.05) is 26.8 Å². The van der Waals surface area contributed by atoms with Crippen LogP contribution in [0.15, 0.2) is 57.2 Å². The highest BCUT2D eigenvalue weighted by Crippen LogP contribution is 2.29. The highest BCUT2D eigenvalue weighted by atomic mass is 32.2. The van der Waals surface area contributed by atoms with E-state index in [9.17, 15) is 8.42 Å². The van der Waals surface area contributed by atoms with E-state index in [-0.39, 0.29) is 4.90 Å². The first-order valence-electron chi connectivity index (χ1n) is 10.2. The summed E-state index contributed by atoms with van der Waals surface area (Å²) < 4.78 is 33.7. The van der Waals surface area contributed by atoms with E-state index in [2.05, 4.69) is 26.6 Å². The second-order valence-corrected chi connectivity index (χ2v) is 10.4. The minimum Gasteiger partial charge on any atom is -0.338 e. The molecule has 3 aromatic heterocycles. The van der Waals surface area contributed by atoms with Gasteiger partial charge in [0.05, 0.1) is 21.7 Å². The van der Waals surface area contributed by atoms with Gasteiger partial charge in [-0.25, -0.2) is 17.7 Å². The van der Waals surface area contributed by atoms with Gasteiger partial charge in [-0.15, -0.1) is 0 Å². The van der Waals surface area contributed by atoms with Crippen molar-refractivity contribution in [3.8, 4) is 11.5 Å². The van der Waals surface area contributed by atoms with Crippen LogP contribution in [0, 0.1) is 0 Å². The number of hydrogen-bond acceptors (Lipinski definition) is 8. The van der Waals surface area contributed by atoms with Gasteiger partial charge in [0.1, 0.15) is 5.69 Å². The number of aromatic nitrogens is 5. The van der Waals surface area contributed by atoms with Gasteiger partial charge in [-0.05, 0) is 36.8 Å². The van der Waals surface area contributed by atoms with Crippen LogP contribution in [-0.2, 0) is 22.3 Å². The Kier molecular flexibility index (Phi) is 6.58. The Morgan fingerprint density at radius 1 is 1.16 bits per heavy atom. The van der Waals surface area contributed by atoms with Crippen molar-refractivity contribution in [1.29, 1.82) is 0 Å². The highest BCUT2D eigenvalue weighted by molar-refractivity contribution is 7.98. The SMILES string of the molecule is CCCCn1c(SCc2nc(-c3ccccn3)no2)nc2cc(S(=O)(=O)N(C)C)ccc21. The second kappa shape index (κ2) is 9.39. The lowest BCUT2D eigenvalue weighted by Crippen LogP contribution is -2.22. The number of pyridine rings is 1. The monoisotopic (exact) mass is 472 g/mol. The Morgan fingerprint density at radius 3 is 2.72 bits per heavy atom. The normalized spacial score (nSPS) is 12.1. The molecule has 0 radical (unpaired) electrons. The van der Waals surface area contributed by atoms with Gasteiger partial charge in [0.15, 0.2) is 5.16 Å². The lowest BCUT2D eigenvalue weighted by Gasteiger charge is -2.11. The number of imidazole rings is 1. The molecule has 3 heterocycles. The average molecular weight is 473 g/mol. The number of hydrogen-bond donors (Lipinski definition) is 0. The van der Waals surface area contributed by atoms with E-state index < -0.39 is 10.0 Å². The van der Waals surface area contributed by atoms with E-state index in [4.69, 9.17) is 9.51 Å². The number of thioether (sulfide) groups is 1. The number of benzene rings is 1. The van der Waals surface area contributed by atoms with Crippen molar-refractivity contribution in [3.63, 3.8) is 0 Å². The Bertz CT molecular complexity index is 1320. The largest absolute Gasteiger partial charge is 0.338 e. The summed E-state index contributed by atoms with van der Waals surface area (Å²) >= 11 is 1.48. The Hall–Kier alpha value is -2.76. The van der Waals surface area contributed by atoms with Crippen LogP contribution in [0.4, 0.5) is 0 Å². The van der Waals surface area contributed by atoms with Crippen molar-refractivity contribution in [2.24, 2.45) is 0 Å². The molecule has 0 N–H and O–H groups in total. The molecule has 32 heavy (non-hydrogen) atoms. The van der Waals surface area contributed by atoms with Crippen LogP contribution < -0.4 is 0 Å². The van der Waals surface area contributed by atoms with E-state index in [1.165, 1.54) is 30.2 Å². The molecule has 0 aliphatic heterocycles. The molecule has 0 atom stereocenters. The summed E-state index contributed by atoms with van der Waals surface area (Å²) in [6, 6.07) is 10.6. The van der Waals surface area contributed by atoms with Crippen LogP contribution in [0.1, 0.15) is 25.7 Å². The fraction of sp³-hybridized carbons (Fsp3) is 0.333. The summed E-state index contributed by atoms with van der Waals surface area (Å²) in [5, 5.41) is 4.79. The van der Waals surface area contributed by atoms with Crippen LogP contribution in [0.5, 0.6) is 0 Å². The van der Waals surface area contributed by atoms with Crippen LogP contribution in [0.25, 0.3) is 22.6 Å². The van der Waals surface area contributed by atoms with Crippen LogP contribution in [-0.4, -0.2) is 51.5 Å². The minimum atomic E-state index is -3.53. The predicted octanol–water partition coefficient (Wildman–Crippen LogP) is 3.82.